The molecule has 1 amide bonds. The Morgan fingerprint density at radius 2 is 2.05 bits per heavy atom. The molecule has 0 saturated heterocycles. The van der Waals surface area contributed by atoms with Crippen LogP contribution in [-0.4, -0.2) is 39.7 Å². The van der Waals surface area contributed by atoms with Gasteiger partial charge in [0.05, 0.1) is 6.61 Å². The number of rotatable bonds is 5. The SMILES string of the molecule is O=C(c1cccn1C1CC1)N(CCO)C1CCCC1. The van der Waals surface area contributed by atoms with Gasteiger partial charge in [-0.15, -0.1) is 0 Å². The first-order valence-corrected chi connectivity index (χ1v) is 7.40. The van der Waals surface area contributed by atoms with Crippen molar-refractivity contribution in [3.05, 3.63) is 24.0 Å². The van der Waals surface area contributed by atoms with Gasteiger partial charge in [0.15, 0.2) is 0 Å². The van der Waals surface area contributed by atoms with Crippen molar-refractivity contribution >= 4 is 5.91 Å². The quantitative estimate of drug-likeness (QED) is 0.884. The van der Waals surface area contributed by atoms with Gasteiger partial charge in [-0.1, -0.05) is 12.8 Å². The monoisotopic (exact) mass is 262 g/mol. The lowest BCUT2D eigenvalue weighted by molar-refractivity contribution is 0.0627. The second kappa shape index (κ2) is 5.37. The van der Waals surface area contributed by atoms with Crippen molar-refractivity contribution in [2.75, 3.05) is 13.2 Å². The van der Waals surface area contributed by atoms with Crippen LogP contribution in [-0.2, 0) is 0 Å². The van der Waals surface area contributed by atoms with Crippen molar-refractivity contribution in [1.82, 2.24) is 9.47 Å². The average molecular weight is 262 g/mol. The van der Waals surface area contributed by atoms with Gasteiger partial charge in [0.2, 0.25) is 0 Å². The lowest BCUT2D eigenvalue weighted by Gasteiger charge is -2.28. The Morgan fingerprint density at radius 3 is 2.68 bits per heavy atom. The number of hydrogen-bond acceptors (Lipinski definition) is 2. The van der Waals surface area contributed by atoms with Crippen LogP contribution in [0.4, 0.5) is 0 Å². The summed E-state index contributed by atoms with van der Waals surface area (Å²) in [6.07, 6.45) is 8.92. The van der Waals surface area contributed by atoms with E-state index in [0.717, 1.165) is 18.5 Å². The standard InChI is InChI=1S/C15H22N2O2/c18-11-10-17(12-4-1-2-5-12)15(19)14-6-3-9-16(14)13-7-8-13/h3,6,9,12-13,18H,1-2,4-5,7-8,10-11H2. The van der Waals surface area contributed by atoms with E-state index in [1.807, 2.05) is 23.2 Å². The van der Waals surface area contributed by atoms with Crippen LogP contribution in [0.1, 0.15) is 55.1 Å². The number of carbonyl (C=O) groups is 1. The number of aromatic nitrogens is 1. The summed E-state index contributed by atoms with van der Waals surface area (Å²) in [6.45, 7) is 0.506. The summed E-state index contributed by atoms with van der Waals surface area (Å²) >= 11 is 0. The fourth-order valence-corrected chi connectivity index (χ4v) is 3.17. The Morgan fingerprint density at radius 1 is 1.32 bits per heavy atom. The first kappa shape index (κ1) is 12.7. The molecule has 1 aromatic rings. The van der Waals surface area contributed by atoms with Crippen LogP contribution in [0.5, 0.6) is 0 Å². The molecule has 0 unspecified atom stereocenters. The molecule has 0 spiro atoms. The Kier molecular flexibility index (Phi) is 3.60. The van der Waals surface area contributed by atoms with E-state index < -0.39 is 0 Å². The number of hydrogen-bond donors (Lipinski definition) is 1. The molecule has 2 aliphatic carbocycles. The van der Waals surface area contributed by atoms with Gasteiger partial charge in [-0.2, -0.15) is 0 Å². The van der Waals surface area contributed by atoms with E-state index in [0.29, 0.717) is 18.6 Å². The minimum atomic E-state index is 0.0480. The fraction of sp³-hybridized carbons (Fsp3) is 0.667. The highest BCUT2D eigenvalue weighted by atomic mass is 16.3. The number of carbonyl (C=O) groups excluding carboxylic acids is 1. The van der Waals surface area contributed by atoms with Crippen LogP contribution in [0.2, 0.25) is 0 Å². The molecule has 4 nitrogen and oxygen atoms in total. The number of aliphatic hydroxyl groups is 1. The van der Waals surface area contributed by atoms with Gasteiger partial charge in [0, 0.05) is 24.8 Å². The summed E-state index contributed by atoms with van der Waals surface area (Å²) in [5.74, 6) is 0.0952. The number of amides is 1. The van der Waals surface area contributed by atoms with Gasteiger partial charge < -0.3 is 14.6 Å². The van der Waals surface area contributed by atoms with Crippen LogP contribution in [0.3, 0.4) is 0 Å². The molecule has 4 heteroatoms. The summed E-state index contributed by atoms with van der Waals surface area (Å²) in [5, 5.41) is 9.23. The third kappa shape index (κ3) is 2.54. The highest BCUT2D eigenvalue weighted by molar-refractivity contribution is 5.93. The summed E-state index contributed by atoms with van der Waals surface area (Å²) in [4.78, 5) is 14.6. The molecule has 1 N–H and O–H groups in total. The Balaban J connectivity index is 1.80. The Labute approximate surface area is 114 Å². The van der Waals surface area contributed by atoms with E-state index in [2.05, 4.69) is 4.57 Å². The normalized spacial score (nSPS) is 19.8. The maximum Gasteiger partial charge on any atom is 0.270 e. The Hall–Kier alpha value is -1.29. The van der Waals surface area contributed by atoms with Gasteiger partial charge in [-0.3, -0.25) is 4.79 Å². The van der Waals surface area contributed by atoms with Crippen LogP contribution in [0, 0.1) is 0 Å². The van der Waals surface area contributed by atoms with E-state index in [9.17, 15) is 9.90 Å². The molecule has 0 atom stereocenters. The maximum absolute atomic E-state index is 12.7. The zero-order chi connectivity index (χ0) is 13.2. The summed E-state index contributed by atoms with van der Waals surface area (Å²) < 4.78 is 2.11. The van der Waals surface area contributed by atoms with E-state index in [1.165, 1.54) is 25.7 Å². The highest BCUT2D eigenvalue weighted by Crippen LogP contribution is 2.36. The predicted octanol–water partition coefficient (Wildman–Crippen LogP) is 2.20. The lowest BCUT2D eigenvalue weighted by Crippen LogP contribution is -2.41. The molecule has 2 fully saturated rings. The summed E-state index contributed by atoms with van der Waals surface area (Å²) in [6, 6.07) is 4.72. The summed E-state index contributed by atoms with van der Waals surface area (Å²) in [7, 11) is 0. The molecule has 19 heavy (non-hydrogen) atoms. The van der Waals surface area contributed by atoms with E-state index in [-0.39, 0.29) is 12.5 Å². The third-order valence-corrected chi connectivity index (χ3v) is 4.31. The molecule has 104 valence electrons. The van der Waals surface area contributed by atoms with Crippen LogP contribution < -0.4 is 0 Å². The first-order chi connectivity index (χ1) is 9.31. The number of nitrogens with zero attached hydrogens (tertiary/aromatic N) is 2. The molecule has 0 aromatic carbocycles. The molecule has 1 aromatic heterocycles. The predicted molar refractivity (Wildman–Crippen MR) is 73.1 cm³/mol. The topological polar surface area (TPSA) is 45.5 Å². The van der Waals surface area contributed by atoms with Crippen molar-refractivity contribution in [1.29, 1.82) is 0 Å². The zero-order valence-electron chi connectivity index (χ0n) is 11.3. The number of aliphatic hydroxyl groups excluding tert-OH is 1. The minimum absolute atomic E-state index is 0.0480. The Bertz CT molecular complexity index is 445. The second-order valence-electron chi connectivity index (χ2n) is 5.69. The maximum atomic E-state index is 12.7. The van der Waals surface area contributed by atoms with E-state index >= 15 is 0 Å². The van der Waals surface area contributed by atoms with Crippen molar-refractivity contribution in [2.45, 2.75) is 50.6 Å². The zero-order valence-corrected chi connectivity index (χ0v) is 11.3. The van der Waals surface area contributed by atoms with Gasteiger partial charge in [-0.25, -0.2) is 0 Å². The molecule has 2 aliphatic rings. The molecule has 1 heterocycles. The van der Waals surface area contributed by atoms with E-state index in [1.54, 1.807) is 0 Å². The van der Waals surface area contributed by atoms with Gasteiger partial charge in [0.1, 0.15) is 5.69 Å². The lowest BCUT2D eigenvalue weighted by atomic mass is 10.2. The smallest absolute Gasteiger partial charge is 0.270 e. The van der Waals surface area contributed by atoms with Crippen molar-refractivity contribution in [3.8, 4) is 0 Å². The summed E-state index contributed by atoms with van der Waals surface area (Å²) in [5.41, 5.74) is 0.794. The highest BCUT2D eigenvalue weighted by Gasteiger charge is 2.31. The largest absolute Gasteiger partial charge is 0.395 e. The van der Waals surface area contributed by atoms with Crippen LogP contribution in [0.25, 0.3) is 0 Å². The van der Waals surface area contributed by atoms with Crippen molar-refractivity contribution in [3.63, 3.8) is 0 Å². The molecule has 2 saturated carbocycles. The molecular weight excluding hydrogens is 240 g/mol. The first-order valence-electron chi connectivity index (χ1n) is 7.40. The fourth-order valence-electron chi connectivity index (χ4n) is 3.17. The third-order valence-electron chi connectivity index (χ3n) is 4.31. The van der Waals surface area contributed by atoms with Gasteiger partial charge in [-0.05, 0) is 37.8 Å². The van der Waals surface area contributed by atoms with Crippen molar-refractivity contribution < 1.29 is 9.90 Å². The van der Waals surface area contributed by atoms with Crippen molar-refractivity contribution in [2.24, 2.45) is 0 Å². The molecule has 3 rings (SSSR count). The second-order valence-corrected chi connectivity index (χ2v) is 5.69. The van der Waals surface area contributed by atoms with Gasteiger partial charge in [0.25, 0.3) is 5.91 Å². The molecule has 0 bridgehead atoms. The minimum Gasteiger partial charge on any atom is -0.395 e. The molecular formula is C15H22N2O2. The van der Waals surface area contributed by atoms with Crippen LogP contribution in [0.15, 0.2) is 18.3 Å². The average Bonchev–Trinajstić information content (AvgIpc) is 2.95. The van der Waals surface area contributed by atoms with Gasteiger partial charge >= 0.3 is 0 Å². The van der Waals surface area contributed by atoms with E-state index in [4.69, 9.17) is 0 Å². The van der Waals surface area contributed by atoms with Crippen LogP contribution >= 0.6 is 0 Å². The molecule has 0 radical (unpaired) electrons. The molecule has 0 aliphatic heterocycles.